The molecule has 0 aromatic carbocycles. The molecule has 15 heavy (non-hydrogen) atoms. The molecule has 0 fully saturated rings. The molecule has 0 amide bonds. The number of rotatable bonds is 7. The Morgan fingerprint density at radius 2 is 1.87 bits per heavy atom. The number of carbonyl (C=O) groups is 1. The van der Waals surface area contributed by atoms with Gasteiger partial charge in [-0.15, -0.1) is 0 Å². The second-order valence-electron chi connectivity index (χ2n) is 4.63. The van der Waals surface area contributed by atoms with E-state index in [0.29, 0.717) is 25.4 Å². The second kappa shape index (κ2) is 7.69. The van der Waals surface area contributed by atoms with Crippen molar-refractivity contribution in [3.63, 3.8) is 0 Å². The number of esters is 1. The number of ether oxygens (including phenoxy) is 1. The first kappa shape index (κ1) is 14.4. The van der Waals surface area contributed by atoms with Crippen molar-refractivity contribution in [3.05, 3.63) is 0 Å². The van der Waals surface area contributed by atoms with E-state index in [4.69, 9.17) is 4.74 Å². The van der Waals surface area contributed by atoms with Gasteiger partial charge in [-0.3, -0.25) is 4.79 Å². The second-order valence-corrected chi connectivity index (χ2v) is 4.63. The highest BCUT2D eigenvalue weighted by atomic mass is 16.5. The van der Waals surface area contributed by atoms with Gasteiger partial charge in [-0.05, 0) is 31.6 Å². The van der Waals surface area contributed by atoms with Crippen LogP contribution in [-0.4, -0.2) is 23.8 Å². The van der Waals surface area contributed by atoms with Crippen LogP contribution in [0.4, 0.5) is 0 Å². The number of aliphatic hydroxyl groups excluding tert-OH is 1. The number of hydrogen-bond acceptors (Lipinski definition) is 3. The van der Waals surface area contributed by atoms with Crippen LogP contribution in [0, 0.1) is 11.8 Å². The van der Waals surface area contributed by atoms with Crippen LogP contribution in [0.25, 0.3) is 0 Å². The summed E-state index contributed by atoms with van der Waals surface area (Å²) in [4.78, 5) is 11.2. The summed E-state index contributed by atoms with van der Waals surface area (Å²) in [5.74, 6) is 0.523. The smallest absolute Gasteiger partial charge is 0.306 e. The normalized spacial score (nSPS) is 15.1. The van der Waals surface area contributed by atoms with Crippen LogP contribution in [0.15, 0.2) is 0 Å². The molecule has 0 bridgehead atoms. The summed E-state index contributed by atoms with van der Waals surface area (Å²) in [6.07, 6.45) is 1.59. The number of aliphatic hydroxyl groups is 1. The zero-order valence-corrected chi connectivity index (χ0v) is 10.3. The van der Waals surface area contributed by atoms with Crippen LogP contribution >= 0.6 is 0 Å². The van der Waals surface area contributed by atoms with Crippen LogP contribution in [0.2, 0.25) is 0 Å². The van der Waals surface area contributed by atoms with Gasteiger partial charge >= 0.3 is 5.97 Å². The average Bonchev–Trinajstić information content (AvgIpc) is 2.00. The van der Waals surface area contributed by atoms with E-state index in [1.165, 1.54) is 0 Å². The molecule has 0 spiro atoms. The highest BCUT2D eigenvalue weighted by molar-refractivity contribution is 5.69. The minimum Gasteiger partial charge on any atom is -0.466 e. The molecule has 1 N–H and O–H groups in total. The highest BCUT2D eigenvalue weighted by Crippen LogP contribution is 2.16. The molecule has 0 aliphatic rings. The third-order valence-electron chi connectivity index (χ3n) is 2.24. The van der Waals surface area contributed by atoms with E-state index in [-0.39, 0.29) is 18.0 Å². The minimum atomic E-state index is -0.297. The summed E-state index contributed by atoms with van der Waals surface area (Å²) in [6, 6.07) is 0. The largest absolute Gasteiger partial charge is 0.466 e. The van der Waals surface area contributed by atoms with Crippen LogP contribution in [0.1, 0.15) is 47.0 Å². The summed E-state index contributed by atoms with van der Waals surface area (Å²) >= 11 is 0. The Labute approximate surface area is 92.8 Å². The van der Waals surface area contributed by atoms with E-state index in [1.807, 2.05) is 6.92 Å². The van der Waals surface area contributed by atoms with Crippen molar-refractivity contribution in [1.29, 1.82) is 0 Å². The van der Waals surface area contributed by atoms with Crippen molar-refractivity contribution < 1.29 is 14.6 Å². The Balaban J connectivity index is 3.72. The molecule has 0 rings (SSSR count). The first-order chi connectivity index (χ1) is 6.95. The van der Waals surface area contributed by atoms with E-state index in [0.717, 1.165) is 6.42 Å². The summed E-state index contributed by atoms with van der Waals surface area (Å²) in [5.41, 5.74) is 0. The van der Waals surface area contributed by atoms with Crippen LogP contribution < -0.4 is 0 Å². The first-order valence-electron chi connectivity index (χ1n) is 5.79. The van der Waals surface area contributed by atoms with E-state index >= 15 is 0 Å². The lowest BCUT2D eigenvalue weighted by atomic mass is 9.95. The average molecular weight is 216 g/mol. The lowest BCUT2D eigenvalue weighted by Crippen LogP contribution is -2.17. The van der Waals surface area contributed by atoms with Gasteiger partial charge in [0.1, 0.15) is 0 Å². The Morgan fingerprint density at radius 3 is 2.33 bits per heavy atom. The van der Waals surface area contributed by atoms with Crippen molar-refractivity contribution in [1.82, 2.24) is 0 Å². The standard InChI is InChI=1S/C12H24O3/c1-5-15-12(14)8-10(4)7-11(13)6-9(2)3/h9-11,13H,5-8H2,1-4H3/t10-,11+/m1/s1. The van der Waals surface area contributed by atoms with Crippen molar-refractivity contribution >= 4 is 5.97 Å². The maximum absolute atomic E-state index is 11.2. The molecular formula is C12H24O3. The van der Waals surface area contributed by atoms with Gasteiger partial charge in [0.05, 0.1) is 12.7 Å². The zero-order valence-electron chi connectivity index (χ0n) is 10.3. The first-order valence-corrected chi connectivity index (χ1v) is 5.79. The third-order valence-corrected chi connectivity index (χ3v) is 2.24. The molecule has 0 aromatic rings. The fraction of sp³-hybridized carbons (Fsp3) is 0.917. The van der Waals surface area contributed by atoms with Gasteiger partial charge < -0.3 is 9.84 Å². The molecule has 0 aliphatic carbocycles. The molecule has 3 heteroatoms. The molecule has 90 valence electrons. The molecular weight excluding hydrogens is 192 g/mol. The quantitative estimate of drug-likeness (QED) is 0.665. The van der Waals surface area contributed by atoms with Crippen molar-refractivity contribution in [2.45, 2.75) is 53.1 Å². The Hall–Kier alpha value is -0.570. The third kappa shape index (κ3) is 8.43. The molecule has 3 nitrogen and oxygen atoms in total. The monoisotopic (exact) mass is 216 g/mol. The van der Waals surface area contributed by atoms with E-state index in [1.54, 1.807) is 6.92 Å². The topological polar surface area (TPSA) is 46.5 Å². The van der Waals surface area contributed by atoms with Crippen molar-refractivity contribution in [2.24, 2.45) is 11.8 Å². The summed E-state index contributed by atoms with van der Waals surface area (Å²) in [6.45, 7) is 8.37. The fourth-order valence-electron chi connectivity index (χ4n) is 1.69. The van der Waals surface area contributed by atoms with Crippen LogP contribution in [0.3, 0.4) is 0 Å². The number of hydrogen-bond donors (Lipinski definition) is 1. The van der Waals surface area contributed by atoms with E-state index in [2.05, 4.69) is 13.8 Å². The maximum atomic E-state index is 11.2. The van der Waals surface area contributed by atoms with Gasteiger partial charge in [0.25, 0.3) is 0 Å². The van der Waals surface area contributed by atoms with Gasteiger partial charge in [0.2, 0.25) is 0 Å². The fourth-order valence-corrected chi connectivity index (χ4v) is 1.69. The molecule has 0 heterocycles. The van der Waals surface area contributed by atoms with Crippen molar-refractivity contribution in [3.8, 4) is 0 Å². The summed E-state index contributed by atoms with van der Waals surface area (Å²) in [5, 5.41) is 9.68. The van der Waals surface area contributed by atoms with Gasteiger partial charge in [0, 0.05) is 6.42 Å². The minimum absolute atomic E-state index is 0.165. The lowest BCUT2D eigenvalue weighted by Gasteiger charge is -2.17. The Morgan fingerprint density at radius 1 is 1.27 bits per heavy atom. The van der Waals surface area contributed by atoms with Crippen LogP contribution in [-0.2, 0) is 9.53 Å². The SMILES string of the molecule is CCOC(=O)C[C@H](C)C[C@@H](O)CC(C)C. The summed E-state index contributed by atoms with van der Waals surface area (Å²) < 4.78 is 4.85. The molecule has 2 atom stereocenters. The maximum Gasteiger partial charge on any atom is 0.306 e. The van der Waals surface area contributed by atoms with Gasteiger partial charge in [-0.1, -0.05) is 20.8 Å². The molecule has 0 aliphatic heterocycles. The molecule has 0 radical (unpaired) electrons. The zero-order chi connectivity index (χ0) is 11.8. The molecule has 0 saturated heterocycles. The van der Waals surface area contributed by atoms with Gasteiger partial charge in [0.15, 0.2) is 0 Å². The highest BCUT2D eigenvalue weighted by Gasteiger charge is 2.15. The van der Waals surface area contributed by atoms with Gasteiger partial charge in [-0.25, -0.2) is 0 Å². The van der Waals surface area contributed by atoms with E-state index < -0.39 is 0 Å². The van der Waals surface area contributed by atoms with E-state index in [9.17, 15) is 9.90 Å². The molecule has 0 unspecified atom stereocenters. The predicted octanol–water partition coefficient (Wildman–Crippen LogP) is 2.37. The predicted molar refractivity (Wildman–Crippen MR) is 60.5 cm³/mol. The Bertz CT molecular complexity index is 178. The molecule has 0 saturated carbocycles. The van der Waals surface area contributed by atoms with Crippen LogP contribution in [0.5, 0.6) is 0 Å². The van der Waals surface area contributed by atoms with Gasteiger partial charge in [-0.2, -0.15) is 0 Å². The lowest BCUT2D eigenvalue weighted by molar-refractivity contribution is -0.144. The Kier molecular flexibility index (Phi) is 7.39. The molecule has 0 aromatic heterocycles. The number of carbonyl (C=O) groups excluding carboxylic acids is 1. The summed E-state index contributed by atoms with van der Waals surface area (Å²) in [7, 11) is 0. The van der Waals surface area contributed by atoms with Crippen molar-refractivity contribution in [2.75, 3.05) is 6.61 Å².